The van der Waals surface area contributed by atoms with Crippen LogP contribution in [0.5, 0.6) is 0 Å². The molecule has 0 aromatic rings. The van der Waals surface area contributed by atoms with Crippen molar-refractivity contribution >= 4 is 0 Å². The van der Waals surface area contributed by atoms with Gasteiger partial charge in [0.05, 0.1) is 0 Å². The molecule has 0 saturated heterocycles. The van der Waals surface area contributed by atoms with Gasteiger partial charge in [0, 0.05) is 6.61 Å². The van der Waals surface area contributed by atoms with Crippen LogP contribution in [-0.2, 0) is 0 Å². The number of fused-ring (bicyclic) bond motifs is 2. The van der Waals surface area contributed by atoms with E-state index in [4.69, 9.17) is 5.11 Å². The molecule has 74 valence electrons. The zero-order valence-electron chi connectivity index (χ0n) is 8.08. The smallest absolute Gasteiger partial charge is 0.0443 e. The first-order chi connectivity index (χ1) is 6.40. The Morgan fingerprint density at radius 1 is 1.31 bits per heavy atom. The zero-order valence-corrected chi connectivity index (χ0v) is 8.08. The first kappa shape index (κ1) is 9.22. The van der Waals surface area contributed by atoms with E-state index in [1.165, 1.54) is 12.8 Å². The van der Waals surface area contributed by atoms with E-state index in [1.54, 1.807) is 0 Å². The molecule has 0 radical (unpaired) electrons. The van der Waals surface area contributed by atoms with E-state index in [1.807, 2.05) is 0 Å². The second kappa shape index (κ2) is 4.25. The molecule has 2 aliphatic rings. The normalized spacial score (nSPS) is 35.9. The second-order valence-corrected chi connectivity index (χ2v) is 4.32. The molecule has 1 fully saturated rings. The summed E-state index contributed by atoms with van der Waals surface area (Å²) in [5.41, 5.74) is 0. The molecule has 2 heteroatoms. The maximum absolute atomic E-state index is 8.61. The molecular weight excluding hydrogens is 162 g/mol. The van der Waals surface area contributed by atoms with Crippen LogP contribution in [0.25, 0.3) is 0 Å². The third-order valence-corrected chi connectivity index (χ3v) is 3.33. The van der Waals surface area contributed by atoms with Crippen LogP contribution in [-0.4, -0.2) is 24.8 Å². The fourth-order valence-corrected chi connectivity index (χ4v) is 2.62. The summed E-state index contributed by atoms with van der Waals surface area (Å²) >= 11 is 0. The highest BCUT2D eigenvalue weighted by Gasteiger charge is 2.34. The van der Waals surface area contributed by atoms with Crippen molar-refractivity contribution in [3.8, 4) is 0 Å². The minimum absolute atomic E-state index is 0.309. The van der Waals surface area contributed by atoms with E-state index < -0.39 is 0 Å². The minimum atomic E-state index is 0.309. The van der Waals surface area contributed by atoms with Gasteiger partial charge in [-0.2, -0.15) is 0 Å². The molecule has 0 amide bonds. The molecular formula is C11H19NO. The summed E-state index contributed by atoms with van der Waals surface area (Å²) in [5.74, 6) is 2.61. The molecule has 3 atom stereocenters. The third kappa shape index (κ3) is 2.12. The second-order valence-electron chi connectivity index (χ2n) is 4.32. The Bertz CT molecular complexity index is 191. The van der Waals surface area contributed by atoms with Crippen LogP contribution < -0.4 is 5.32 Å². The lowest BCUT2D eigenvalue weighted by molar-refractivity contribution is 0.283. The molecule has 2 nitrogen and oxygen atoms in total. The molecule has 2 N–H and O–H groups in total. The average Bonchev–Trinajstić information content (AvgIpc) is 2.73. The molecule has 0 aromatic heterocycles. The van der Waals surface area contributed by atoms with Crippen molar-refractivity contribution in [1.82, 2.24) is 5.32 Å². The monoisotopic (exact) mass is 181 g/mol. The maximum atomic E-state index is 8.61. The Morgan fingerprint density at radius 3 is 2.85 bits per heavy atom. The summed E-state index contributed by atoms with van der Waals surface area (Å²) in [6.45, 7) is 2.42. The van der Waals surface area contributed by atoms with Gasteiger partial charge in [0.2, 0.25) is 0 Å². The number of aliphatic hydroxyl groups excluding tert-OH is 1. The van der Waals surface area contributed by atoms with Crippen molar-refractivity contribution in [2.24, 2.45) is 17.8 Å². The molecule has 0 heterocycles. The van der Waals surface area contributed by atoms with Crippen LogP contribution in [0.4, 0.5) is 0 Å². The first-order valence-electron chi connectivity index (χ1n) is 5.40. The lowest BCUT2D eigenvalue weighted by Gasteiger charge is -2.18. The van der Waals surface area contributed by atoms with E-state index in [2.05, 4.69) is 17.5 Å². The van der Waals surface area contributed by atoms with Crippen molar-refractivity contribution < 1.29 is 5.11 Å². The summed E-state index contributed by atoms with van der Waals surface area (Å²) in [6, 6.07) is 0. The molecule has 13 heavy (non-hydrogen) atoms. The molecule has 1 saturated carbocycles. The van der Waals surface area contributed by atoms with Gasteiger partial charge in [-0.1, -0.05) is 12.2 Å². The summed E-state index contributed by atoms with van der Waals surface area (Å²) < 4.78 is 0. The Kier molecular flexibility index (Phi) is 3.01. The lowest BCUT2D eigenvalue weighted by Crippen LogP contribution is -2.26. The van der Waals surface area contributed by atoms with Crippen LogP contribution in [0.15, 0.2) is 12.2 Å². The highest BCUT2D eigenvalue weighted by molar-refractivity contribution is 5.10. The molecule has 2 aliphatic carbocycles. The van der Waals surface area contributed by atoms with Crippen molar-refractivity contribution in [1.29, 1.82) is 0 Å². The standard InChI is InChI=1S/C11H19NO/c13-5-1-4-12-8-11-7-9-2-3-10(11)6-9/h2-3,9-13H,1,4-8H2. The summed E-state index contributed by atoms with van der Waals surface area (Å²) in [4.78, 5) is 0. The van der Waals surface area contributed by atoms with Crippen molar-refractivity contribution in [3.05, 3.63) is 12.2 Å². The van der Waals surface area contributed by atoms with E-state index >= 15 is 0 Å². The SMILES string of the molecule is OCCCNCC1CC2C=CC1C2. The maximum Gasteiger partial charge on any atom is 0.0443 e. The first-order valence-corrected chi connectivity index (χ1v) is 5.40. The number of aliphatic hydroxyl groups is 1. The topological polar surface area (TPSA) is 32.3 Å². The Labute approximate surface area is 80.0 Å². The fourth-order valence-electron chi connectivity index (χ4n) is 2.62. The van der Waals surface area contributed by atoms with E-state index in [0.717, 1.165) is 37.3 Å². The molecule has 0 aliphatic heterocycles. The van der Waals surface area contributed by atoms with Crippen molar-refractivity contribution in [2.75, 3.05) is 19.7 Å². The van der Waals surface area contributed by atoms with Gasteiger partial charge in [0.1, 0.15) is 0 Å². The number of hydrogen-bond acceptors (Lipinski definition) is 2. The number of rotatable bonds is 5. The summed E-state index contributed by atoms with van der Waals surface area (Å²) in [6.07, 6.45) is 8.44. The highest BCUT2D eigenvalue weighted by Crippen LogP contribution is 2.42. The molecule has 2 rings (SSSR count). The average molecular weight is 181 g/mol. The van der Waals surface area contributed by atoms with E-state index in [9.17, 15) is 0 Å². The van der Waals surface area contributed by atoms with Gasteiger partial charge in [-0.3, -0.25) is 0 Å². The van der Waals surface area contributed by atoms with E-state index in [0.29, 0.717) is 6.61 Å². The minimum Gasteiger partial charge on any atom is -0.396 e. The number of nitrogens with one attached hydrogen (secondary N) is 1. The molecule has 3 unspecified atom stereocenters. The van der Waals surface area contributed by atoms with Crippen LogP contribution in [0.2, 0.25) is 0 Å². The zero-order chi connectivity index (χ0) is 9.10. The van der Waals surface area contributed by atoms with Crippen LogP contribution in [0, 0.1) is 17.8 Å². The Hall–Kier alpha value is -0.340. The van der Waals surface area contributed by atoms with Crippen molar-refractivity contribution in [2.45, 2.75) is 19.3 Å². The Balaban J connectivity index is 1.64. The summed E-state index contributed by atoms with van der Waals surface area (Å²) in [5, 5.41) is 12.0. The summed E-state index contributed by atoms with van der Waals surface area (Å²) in [7, 11) is 0. The Morgan fingerprint density at radius 2 is 2.23 bits per heavy atom. The fraction of sp³-hybridized carbons (Fsp3) is 0.818. The number of hydrogen-bond donors (Lipinski definition) is 2. The van der Waals surface area contributed by atoms with Crippen molar-refractivity contribution in [3.63, 3.8) is 0 Å². The number of allylic oxidation sites excluding steroid dienone is 2. The van der Waals surface area contributed by atoms with Crippen LogP contribution in [0.3, 0.4) is 0 Å². The highest BCUT2D eigenvalue weighted by atomic mass is 16.3. The van der Waals surface area contributed by atoms with E-state index in [-0.39, 0.29) is 0 Å². The predicted molar refractivity (Wildman–Crippen MR) is 53.4 cm³/mol. The van der Waals surface area contributed by atoms with Gasteiger partial charge in [0.15, 0.2) is 0 Å². The van der Waals surface area contributed by atoms with Crippen LogP contribution >= 0.6 is 0 Å². The van der Waals surface area contributed by atoms with Gasteiger partial charge < -0.3 is 10.4 Å². The molecule has 2 bridgehead atoms. The quantitative estimate of drug-likeness (QED) is 0.493. The van der Waals surface area contributed by atoms with Gasteiger partial charge in [-0.05, 0) is 50.1 Å². The van der Waals surface area contributed by atoms with Gasteiger partial charge in [-0.25, -0.2) is 0 Å². The largest absolute Gasteiger partial charge is 0.396 e. The molecule has 0 spiro atoms. The third-order valence-electron chi connectivity index (χ3n) is 3.33. The molecule has 0 aromatic carbocycles. The predicted octanol–water partition coefficient (Wildman–Crippen LogP) is 1.17. The van der Waals surface area contributed by atoms with Gasteiger partial charge >= 0.3 is 0 Å². The van der Waals surface area contributed by atoms with Gasteiger partial charge in [0.25, 0.3) is 0 Å². The van der Waals surface area contributed by atoms with Gasteiger partial charge in [-0.15, -0.1) is 0 Å². The lowest BCUT2D eigenvalue weighted by atomic mass is 9.94. The van der Waals surface area contributed by atoms with Crippen LogP contribution in [0.1, 0.15) is 19.3 Å².